The molecule has 150 valence electrons. The number of carbonyl (C=O) groups excluding carboxylic acids is 3. The number of hydrogen-bond acceptors (Lipinski definition) is 3. The van der Waals surface area contributed by atoms with E-state index in [9.17, 15) is 14.4 Å². The minimum atomic E-state index is -0.252. The van der Waals surface area contributed by atoms with E-state index in [1.54, 1.807) is 23.1 Å². The van der Waals surface area contributed by atoms with Crippen LogP contribution in [0.5, 0.6) is 0 Å². The van der Waals surface area contributed by atoms with E-state index in [0.717, 1.165) is 25.7 Å². The van der Waals surface area contributed by atoms with Gasteiger partial charge in [0.05, 0.1) is 16.4 Å². The highest BCUT2D eigenvalue weighted by Crippen LogP contribution is 2.37. The van der Waals surface area contributed by atoms with Crippen LogP contribution in [0, 0.1) is 0 Å². The van der Waals surface area contributed by atoms with E-state index in [2.05, 4.69) is 5.32 Å². The fourth-order valence-corrected chi connectivity index (χ4v) is 3.94. The van der Waals surface area contributed by atoms with Crippen LogP contribution in [-0.4, -0.2) is 35.8 Å². The summed E-state index contributed by atoms with van der Waals surface area (Å²) in [5.41, 5.74) is 2.09. The number of halogens is 1. The molecule has 3 rings (SSSR count). The number of urea groups is 1. The topological polar surface area (TPSA) is 69.7 Å². The van der Waals surface area contributed by atoms with E-state index < -0.39 is 0 Å². The molecule has 0 spiro atoms. The number of hydrogen-bond donors (Lipinski definition) is 1. The SMILES string of the molecule is CCCN(CCC)C(=O)Nc1cc(N2C(=O)C3=C(CCCC3)C2=O)ccc1Cl. The van der Waals surface area contributed by atoms with Gasteiger partial charge in [-0.05, 0) is 56.7 Å². The molecule has 1 aromatic rings. The van der Waals surface area contributed by atoms with Crippen molar-refractivity contribution in [3.63, 3.8) is 0 Å². The highest BCUT2D eigenvalue weighted by Gasteiger charge is 2.39. The van der Waals surface area contributed by atoms with Crippen molar-refractivity contribution in [1.29, 1.82) is 0 Å². The monoisotopic (exact) mass is 403 g/mol. The summed E-state index contributed by atoms with van der Waals surface area (Å²) in [6.07, 6.45) is 4.87. The molecule has 0 bridgehead atoms. The molecule has 1 aliphatic carbocycles. The van der Waals surface area contributed by atoms with Crippen LogP contribution in [0.15, 0.2) is 29.3 Å². The number of nitrogens with zero attached hydrogens (tertiary/aromatic N) is 2. The first kappa shape index (κ1) is 20.4. The highest BCUT2D eigenvalue weighted by molar-refractivity contribution is 6.35. The zero-order valence-corrected chi connectivity index (χ0v) is 17.1. The maximum absolute atomic E-state index is 12.8. The molecule has 6 nitrogen and oxygen atoms in total. The van der Waals surface area contributed by atoms with Gasteiger partial charge in [0.1, 0.15) is 0 Å². The lowest BCUT2D eigenvalue weighted by atomic mass is 9.93. The van der Waals surface area contributed by atoms with Crippen molar-refractivity contribution >= 4 is 40.8 Å². The molecule has 0 saturated heterocycles. The third-order valence-corrected chi connectivity index (χ3v) is 5.44. The minimum Gasteiger partial charge on any atom is -0.325 e. The Kier molecular flexibility index (Phi) is 6.39. The molecule has 0 saturated carbocycles. The van der Waals surface area contributed by atoms with Crippen molar-refractivity contribution in [2.75, 3.05) is 23.3 Å². The van der Waals surface area contributed by atoms with E-state index in [0.29, 0.717) is 53.5 Å². The first-order chi connectivity index (χ1) is 13.5. The fraction of sp³-hybridized carbons (Fsp3) is 0.476. The average molecular weight is 404 g/mol. The molecule has 0 unspecified atom stereocenters. The fourth-order valence-electron chi connectivity index (χ4n) is 3.77. The van der Waals surface area contributed by atoms with Crippen LogP contribution in [0.3, 0.4) is 0 Å². The zero-order chi connectivity index (χ0) is 20.3. The molecule has 4 amide bonds. The maximum Gasteiger partial charge on any atom is 0.321 e. The van der Waals surface area contributed by atoms with Crippen molar-refractivity contribution in [3.05, 3.63) is 34.4 Å². The van der Waals surface area contributed by atoms with Gasteiger partial charge in [0.15, 0.2) is 0 Å². The van der Waals surface area contributed by atoms with Crippen molar-refractivity contribution in [3.8, 4) is 0 Å². The van der Waals surface area contributed by atoms with E-state index in [4.69, 9.17) is 11.6 Å². The van der Waals surface area contributed by atoms with Crippen LogP contribution < -0.4 is 10.2 Å². The van der Waals surface area contributed by atoms with Crippen LogP contribution in [-0.2, 0) is 9.59 Å². The lowest BCUT2D eigenvalue weighted by Crippen LogP contribution is -2.36. The number of anilines is 2. The average Bonchev–Trinajstić information content (AvgIpc) is 2.94. The summed E-state index contributed by atoms with van der Waals surface area (Å²) >= 11 is 6.27. The molecule has 0 aromatic heterocycles. The van der Waals surface area contributed by atoms with Crippen molar-refractivity contribution < 1.29 is 14.4 Å². The van der Waals surface area contributed by atoms with E-state index in [1.807, 2.05) is 13.8 Å². The Labute approximate surface area is 170 Å². The summed E-state index contributed by atoms with van der Waals surface area (Å²) in [5, 5.41) is 3.19. The summed E-state index contributed by atoms with van der Waals surface area (Å²) in [6, 6.07) is 4.61. The second kappa shape index (κ2) is 8.78. The number of carbonyl (C=O) groups is 3. The van der Waals surface area contributed by atoms with Crippen LogP contribution >= 0.6 is 11.6 Å². The van der Waals surface area contributed by atoms with Crippen molar-refractivity contribution in [1.82, 2.24) is 4.90 Å². The van der Waals surface area contributed by atoms with Crippen LogP contribution in [0.2, 0.25) is 5.02 Å². The number of nitrogens with one attached hydrogen (secondary N) is 1. The molecule has 0 radical (unpaired) electrons. The van der Waals surface area contributed by atoms with Gasteiger partial charge in [0, 0.05) is 24.2 Å². The molecule has 1 heterocycles. The van der Waals surface area contributed by atoms with Gasteiger partial charge in [-0.3, -0.25) is 9.59 Å². The highest BCUT2D eigenvalue weighted by atomic mass is 35.5. The van der Waals surface area contributed by atoms with Gasteiger partial charge in [-0.25, -0.2) is 9.69 Å². The smallest absolute Gasteiger partial charge is 0.321 e. The predicted octanol–water partition coefficient (Wildman–Crippen LogP) is 4.74. The van der Waals surface area contributed by atoms with Crippen LogP contribution in [0.1, 0.15) is 52.4 Å². The van der Waals surface area contributed by atoms with Gasteiger partial charge in [-0.1, -0.05) is 25.4 Å². The Bertz CT molecular complexity index is 800. The number of benzene rings is 1. The van der Waals surface area contributed by atoms with Gasteiger partial charge in [-0.2, -0.15) is 0 Å². The Morgan fingerprint density at radius 2 is 1.64 bits per heavy atom. The third kappa shape index (κ3) is 3.92. The summed E-state index contributed by atoms with van der Waals surface area (Å²) in [7, 11) is 0. The second-order valence-corrected chi connectivity index (χ2v) is 7.60. The summed E-state index contributed by atoms with van der Waals surface area (Å²) in [5.74, 6) is -0.504. The van der Waals surface area contributed by atoms with Gasteiger partial charge >= 0.3 is 6.03 Å². The van der Waals surface area contributed by atoms with Crippen molar-refractivity contribution in [2.24, 2.45) is 0 Å². The standard InChI is InChI=1S/C21H26ClN3O3/c1-3-11-24(12-4-2)21(28)23-18-13-14(9-10-17(18)22)25-19(26)15-7-5-6-8-16(15)20(25)27/h9-10,13H,3-8,11-12H2,1-2H3,(H,23,28). The van der Waals surface area contributed by atoms with Gasteiger partial charge < -0.3 is 10.2 Å². The Hall–Kier alpha value is -2.34. The van der Waals surface area contributed by atoms with Crippen molar-refractivity contribution in [2.45, 2.75) is 52.4 Å². The zero-order valence-electron chi connectivity index (χ0n) is 16.4. The molecule has 2 aliphatic rings. The first-order valence-corrected chi connectivity index (χ1v) is 10.3. The largest absolute Gasteiger partial charge is 0.325 e. The van der Waals surface area contributed by atoms with Gasteiger partial charge in [-0.15, -0.1) is 0 Å². The molecule has 0 fully saturated rings. The van der Waals surface area contributed by atoms with Gasteiger partial charge in [0.25, 0.3) is 11.8 Å². The molecule has 1 aromatic carbocycles. The number of rotatable bonds is 6. The van der Waals surface area contributed by atoms with E-state index in [1.165, 1.54) is 4.90 Å². The predicted molar refractivity (Wildman–Crippen MR) is 111 cm³/mol. The number of imide groups is 1. The maximum atomic E-state index is 12.8. The molecule has 28 heavy (non-hydrogen) atoms. The Morgan fingerprint density at radius 3 is 2.18 bits per heavy atom. The van der Waals surface area contributed by atoms with Crippen LogP contribution in [0.25, 0.3) is 0 Å². The number of amides is 4. The first-order valence-electron chi connectivity index (χ1n) is 9.94. The molecular formula is C21H26ClN3O3. The lowest BCUT2D eigenvalue weighted by molar-refractivity contribution is -0.120. The molecule has 1 aliphatic heterocycles. The molecule has 7 heteroatoms. The Morgan fingerprint density at radius 1 is 1.07 bits per heavy atom. The quantitative estimate of drug-likeness (QED) is 0.697. The summed E-state index contributed by atoms with van der Waals surface area (Å²) < 4.78 is 0. The normalized spacial score (nSPS) is 16.5. The third-order valence-electron chi connectivity index (χ3n) is 5.11. The lowest BCUT2D eigenvalue weighted by Gasteiger charge is -2.23. The van der Waals surface area contributed by atoms with E-state index >= 15 is 0 Å². The molecular weight excluding hydrogens is 378 g/mol. The minimum absolute atomic E-state index is 0.237. The summed E-state index contributed by atoms with van der Waals surface area (Å²) in [4.78, 5) is 41.1. The summed E-state index contributed by atoms with van der Waals surface area (Å²) in [6.45, 7) is 5.33. The van der Waals surface area contributed by atoms with E-state index in [-0.39, 0.29) is 17.8 Å². The van der Waals surface area contributed by atoms with Gasteiger partial charge in [0.2, 0.25) is 0 Å². The molecule has 1 N–H and O–H groups in total. The second-order valence-electron chi connectivity index (χ2n) is 7.19. The Balaban J connectivity index is 1.83. The molecule has 0 atom stereocenters. The van der Waals surface area contributed by atoms with Crippen LogP contribution in [0.4, 0.5) is 16.2 Å².